The number of halogens is 3. The first-order valence-corrected chi connectivity index (χ1v) is 15.9. The number of alkyl halides is 2. The van der Waals surface area contributed by atoms with Crippen molar-refractivity contribution >= 4 is 21.3 Å². The summed E-state index contributed by atoms with van der Waals surface area (Å²) in [6.45, 7) is 0.770. The van der Waals surface area contributed by atoms with Crippen molar-refractivity contribution in [2.24, 2.45) is 11.3 Å². The van der Waals surface area contributed by atoms with Crippen LogP contribution >= 0.6 is 0 Å². The van der Waals surface area contributed by atoms with Crippen LogP contribution in [0.5, 0.6) is 0 Å². The molecule has 220 valence electrons. The molecule has 2 saturated carbocycles. The fraction of sp³-hybridized carbons (Fsp3) is 0.452. The third kappa shape index (κ3) is 5.82. The van der Waals surface area contributed by atoms with Crippen molar-refractivity contribution in [3.63, 3.8) is 0 Å². The molecular weight excluding hydrogens is 567 g/mol. The van der Waals surface area contributed by atoms with Gasteiger partial charge in [0, 0.05) is 61.0 Å². The molecule has 6 rings (SSSR count). The maximum atomic E-state index is 14.7. The van der Waals surface area contributed by atoms with E-state index < -0.39 is 51.7 Å². The predicted octanol–water partition coefficient (Wildman–Crippen LogP) is 6.16. The van der Waals surface area contributed by atoms with E-state index in [0.29, 0.717) is 48.5 Å². The Kier molecular flexibility index (Phi) is 7.16. The zero-order valence-electron chi connectivity index (χ0n) is 22.9. The van der Waals surface area contributed by atoms with Crippen molar-refractivity contribution in [1.29, 1.82) is 5.26 Å². The highest BCUT2D eigenvalue weighted by Crippen LogP contribution is 2.53. The number of anilines is 1. The molecule has 42 heavy (non-hydrogen) atoms. The molecule has 2 heterocycles. The molecule has 0 amide bonds. The average molecular weight is 598 g/mol. The summed E-state index contributed by atoms with van der Waals surface area (Å²) in [5.41, 5.74) is 1.64. The standard InChI is InChI=1S/C31H30F3N3O4S/c32-22-5-1-21(2-6-22)29-36-27(20-3-7-23(8-4-20)37-13-15-42(39,40)16-14-37)28(41-29)24-9-10-31(33,34)17-25(24)26(38)18-30(19-35)11-12-30/h1-8,24-25H,9-18H2/t24-,25-/m1/s1. The van der Waals surface area contributed by atoms with E-state index in [1.54, 1.807) is 0 Å². The third-order valence-corrected chi connectivity index (χ3v) is 10.4. The number of hydrogen-bond donors (Lipinski definition) is 0. The van der Waals surface area contributed by atoms with Gasteiger partial charge in [0.2, 0.25) is 11.8 Å². The van der Waals surface area contributed by atoms with E-state index in [1.165, 1.54) is 24.3 Å². The number of ketones is 1. The molecule has 3 aliphatic rings. The lowest BCUT2D eigenvalue weighted by Gasteiger charge is -2.34. The minimum atomic E-state index is -3.04. The number of carbonyl (C=O) groups is 1. The molecule has 1 saturated heterocycles. The van der Waals surface area contributed by atoms with Gasteiger partial charge < -0.3 is 9.32 Å². The molecule has 7 nitrogen and oxygen atoms in total. The van der Waals surface area contributed by atoms with Crippen LogP contribution in [0.25, 0.3) is 22.7 Å². The summed E-state index contributed by atoms with van der Waals surface area (Å²) in [4.78, 5) is 20.2. The summed E-state index contributed by atoms with van der Waals surface area (Å²) in [6.07, 6.45) is 0.0827. The summed E-state index contributed by atoms with van der Waals surface area (Å²) in [5, 5.41) is 9.53. The van der Waals surface area contributed by atoms with Gasteiger partial charge in [0.1, 0.15) is 23.1 Å². The number of Topliss-reactive ketones (excluding diaryl/α,β-unsaturated/α-hetero) is 1. The lowest BCUT2D eigenvalue weighted by Crippen LogP contribution is -2.40. The summed E-state index contributed by atoms with van der Waals surface area (Å²) < 4.78 is 73.0. The van der Waals surface area contributed by atoms with E-state index in [9.17, 15) is 31.6 Å². The van der Waals surface area contributed by atoms with Crippen LogP contribution in [0.4, 0.5) is 18.9 Å². The molecule has 1 aliphatic heterocycles. The van der Waals surface area contributed by atoms with E-state index >= 15 is 0 Å². The molecule has 0 unspecified atom stereocenters. The van der Waals surface area contributed by atoms with Gasteiger partial charge in [-0.25, -0.2) is 26.6 Å². The Morgan fingerprint density at radius 1 is 1.02 bits per heavy atom. The largest absolute Gasteiger partial charge is 0.440 e. The molecule has 1 aromatic heterocycles. The Hall–Kier alpha value is -3.65. The van der Waals surface area contributed by atoms with Gasteiger partial charge in [-0.1, -0.05) is 12.1 Å². The molecule has 2 aromatic carbocycles. The smallest absolute Gasteiger partial charge is 0.248 e. The number of sulfone groups is 1. The van der Waals surface area contributed by atoms with E-state index in [2.05, 4.69) is 6.07 Å². The van der Waals surface area contributed by atoms with Gasteiger partial charge in [-0.2, -0.15) is 5.26 Å². The number of hydrogen-bond acceptors (Lipinski definition) is 7. The van der Waals surface area contributed by atoms with Crippen LogP contribution in [0.3, 0.4) is 0 Å². The number of aromatic nitrogens is 1. The first-order chi connectivity index (χ1) is 20.0. The molecule has 2 atom stereocenters. The minimum absolute atomic E-state index is 0.00828. The SMILES string of the molecule is N#CC1(CC(=O)[C@@H]2CC(F)(F)CC[C@H]2c2oc(-c3ccc(F)cc3)nc2-c2ccc(N3CCS(=O)(=O)CC3)cc2)CC1. The highest BCUT2D eigenvalue weighted by molar-refractivity contribution is 7.91. The lowest BCUT2D eigenvalue weighted by atomic mass is 9.71. The Morgan fingerprint density at radius 3 is 2.29 bits per heavy atom. The Bertz CT molecular complexity index is 1630. The summed E-state index contributed by atoms with van der Waals surface area (Å²) in [7, 11) is -3.04. The highest BCUT2D eigenvalue weighted by Gasteiger charge is 2.51. The van der Waals surface area contributed by atoms with Crippen LogP contribution in [0.2, 0.25) is 0 Å². The number of nitrogens with zero attached hydrogens (tertiary/aromatic N) is 3. The van der Waals surface area contributed by atoms with Gasteiger partial charge in [0.05, 0.1) is 23.0 Å². The zero-order valence-corrected chi connectivity index (χ0v) is 23.7. The lowest BCUT2D eigenvalue weighted by molar-refractivity contribution is -0.132. The normalized spacial score (nSPS) is 24.1. The Balaban J connectivity index is 1.37. The average Bonchev–Trinajstić information content (AvgIpc) is 3.60. The molecule has 3 fully saturated rings. The maximum absolute atomic E-state index is 14.7. The van der Waals surface area contributed by atoms with E-state index in [-0.39, 0.29) is 36.0 Å². The van der Waals surface area contributed by atoms with E-state index in [1.807, 2.05) is 29.2 Å². The molecule has 0 N–H and O–H groups in total. The van der Waals surface area contributed by atoms with Gasteiger partial charge in [-0.05, 0) is 55.7 Å². The number of rotatable bonds is 7. The number of nitriles is 1. The van der Waals surface area contributed by atoms with Gasteiger partial charge in [0.25, 0.3) is 0 Å². The number of carbonyl (C=O) groups excluding carboxylic acids is 1. The van der Waals surface area contributed by atoms with Crippen LogP contribution in [0.1, 0.15) is 50.2 Å². The molecule has 0 spiro atoms. The molecule has 11 heteroatoms. The maximum Gasteiger partial charge on any atom is 0.248 e. The van der Waals surface area contributed by atoms with Gasteiger partial charge in [0.15, 0.2) is 9.84 Å². The first-order valence-electron chi connectivity index (χ1n) is 14.1. The van der Waals surface area contributed by atoms with Gasteiger partial charge >= 0.3 is 0 Å². The van der Waals surface area contributed by atoms with Crippen molar-refractivity contribution in [3.05, 3.63) is 60.1 Å². The summed E-state index contributed by atoms with van der Waals surface area (Å²) in [5.74, 6) is -4.85. The predicted molar refractivity (Wildman–Crippen MR) is 150 cm³/mol. The van der Waals surface area contributed by atoms with Crippen LogP contribution in [0.15, 0.2) is 52.9 Å². The van der Waals surface area contributed by atoms with E-state index in [4.69, 9.17) is 9.40 Å². The molecular formula is C31H30F3N3O4S. The van der Waals surface area contributed by atoms with Crippen LogP contribution in [-0.4, -0.2) is 49.7 Å². The van der Waals surface area contributed by atoms with Gasteiger partial charge in [-0.15, -0.1) is 0 Å². The molecule has 2 aliphatic carbocycles. The first kappa shape index (κ1) is 28.5. The monoisotopic (exact) mass is 597 g/mol. The summed E-state index contributed by atoms with van der Waals surface area (Å²) in [6, 6.07) is 15.1. The van der Waals surface area contributed by atoms with Crippen LogP contribution < -0.4 is 4.90 Å². The fourth-order valence-corrected chi connectivity index (χ4v) is 7.24. The second-order valence-electron chi connectivity index (χ2n) is 11.8. The summed E-state index contributed by atoms with van der Waals surface area (Å²) >= 11 is 0. The van der Waals surface area contributed by atoms with Crippen molar-refractivity contribution in [3.8, 4) is 28.8 Å². The number of oxazole rings is 1. The van der Waals surface area contributed by atoms with Crippen molar-refractivity contribution < 1.29 is 30.8 Å². The second-order valence-corrected chi connectivity index (χ2v) is 14.1. The third-order valence-electron chi connectivity index (χ3n) is 8.77. The Labute approximate surface area is 242 Å². The molecule has 0 bridgehead atoms. The molecule has 0 radical (unpaired) electrons. The number of benzene rings is 2. The topological polar surface area (TPSA) is 104 Å². The highest BCUT2D eigenvalue weighted by atomic mass is 32.2. The zero-order chi connectivity index (χ0) is 29.7. The van der Waals surface area contributed by atoms with Gasteiger partial charge in [-0.3, -0.25) is 4.79 Å². The second kappa shape index (κ2) is 10.6. The quantitative estimate of drug-likeness (QED) is 0.321. The van der Waals surface area contributed by atoms with Crippen molar-refractivity contribution in [2.45, 2.75) is 50.4 Å². The Morgan fingerprint density at radius 2 is 1.67 bits per heavy atom. The van der Waals surface area contributed by atoms with E-state index in [0.717, 1.165) is 5.69 Å². The fourth-order valence-electron chi connectivity index (χ4n) is 6.04. The minimum Gasteiger partial charge on any atom is -0.440 e. The van der Waals surface area contributed by atoms with Crippen molar-refractivity contribution in [2.75, 3.05) is 29.5 Å². The molecule has 3 aromatic rings. The van der Waals surface area contributed by atoms with Crippen molar-refractivity contribution in [1.82, 2.24) is 4.98 Å². The van der Waals surface area contributed by atoms with Crippen LogP contribution in [-0.2, 0) is 14.6 Å². The van der Waals surface area contributed by atoms with Crippen LogP contribution in [0, 0.1) is 28.5 Å².